The summed E-state index contributed by atoms with van der Waals surface area (Å²) in [6, 6.07) is 18.2. The monoisotopic (exact) mass is 305 g/mol. The minimum atomic E-state index is -0.369. The Morgan fingerprint density at radius 2 is 1.78 bits per heavy atom. The number of ether oxygens (including phenoxy) is 2. The van der Waals surface area contributed by atoms with E-state index < -0.39 is 0 Å². The van der Waals surface area contributed by atoms with Crippen molar-refractivity contribution < 1.29 is 14.3 Å². The SMILES string of the molecule is COC(=O)c1cn(C#Cc2ccc(OC)cc2)c2ccccc12. The molecule has 0 aliphatic heterocycles. The van der Waals surface area contributed by atoms with E-state index in [2.05, 4.69) is 12.0 Å². The van der Waals surface area contributed by atoms with Crippen LogP contribution in [0.2, 0.25) is 0 Å². The van der Waals surface area contributed by atoms with Crippen LogP contribution >= 0.6 is 0 Å². The van der Waals surface area contributed by atoms with Crippen molar-refractivity contribution in [2.24, 2.45) is 0 Å². The van der Waals surface area contributed by atoms with E-state index >= 15 is 0 Å². The Kier molecular flexibility index (Phi) is 4.03. The van der Waals surface area contributed by atoms with Gasteiger partial charge in [-0.25, -0.2) is 4.79 Å². The second-order valence-corrected chi connectivity index (χ2v) is 4.89. The smallest absolute Gasteiger partial charge is 0.340 e. The first-order valence-corrected chi connectivity index (χ1v) is 7.07. The molecule has 0 amide bonds. The number of fused-ring (bicyclic) bond motifs is 1. The maximum absolute atomic E-state index is 11.9. The predicted molar refractivity (Wildman–Crippen MR) is 88.5 cm³/mol. The summed E-state index contributed by atoms with van der Waals surface area (Å²) in [7, 11) is 3.00. The van der Waals surface area contributed by atoms with E-state index in [1.54, 1.807) is 17.9 Å². The molecule has 0 radical (unpaired) electrons. The van der Waals surface area contributed by atoms with Crippen LogP contribution in [0.5, 0.6) is 5.75 Å². The minimum absolute atomic E-state index is 0.369. The normalized spacial score (nSPS) is 10.0. The Hall–Kier alpha value is -3.19. The first-order valence-electron chi connectivity index (χ1n) is 7.07. The Labute approximate surface area is 134 Å². The zero-order valence-corrected chi connectivity index (χ0v) is 12.9. The van der Waals surface area contributed by atoms with Crippen LogP contribution in [0.15, 0.2) is 54.7 Å². The molecule has 3 rings (SSSR count). The number of benzene rings is 2. The van der Waals surface area contributed by atoms with Crippen molar-refractivity contribution in [3.8, 4) is 17.7 Å². The van der Waals surface area contributed by atoms with Crippen molar-refractivity contribution in [3.05, 3.63) is 65.9 Å². The van der Waals surface area contributed by atoms with Gasteiger partial charge in [0.15, 0.2) is 0 Å². The van der Waals surface area contributed by atoms with Gasteiger partial charge in [0.05, 0.1) is 25.3 Å². The summed E-state index contributed by atoms with van der Waals surface area (Å²) in [6.45, 7) is 0. The fourth-order valence-electron chi connectivity index (χ4n) is 2.34. The van der Waals surface area contributed by atoms with Gasteiger partial charge >= 0.3 is 5.97 Å². The number of hydrogen-bond acceptors (Lipinski definition) is 3. The fourth-order valence-corrected chi connectivity index (χ4v) is 2.34. The average Bonchev–Trinajstić information content (AvgIpc) is 2.98. The molecule has 3 aromatic rings. The van der Waals surface area contributed by atoms with Crippen molar-refractivity contribution in [2.75, 3.05) is 14.2 Å². The number of carbonyl (C=O) groups excluding carboxylic acids is 1. The van der Waals surface area contributed by atoms with E-state index in [-0.39, 0.29) is 5.97 Å². The summed E-state index contributed by atoms with van der Waals surface area (Å²) >= 11 is 0. The Morgan fingerprint density at radius 1 is 1.04 bits per heavy atom. The Morgan fingerprint density at radius 3 is 2.48 bits per heavy atom. The highest BCUT2D eigenvalue weighted by Gasteiger charge is 2.14. The van der Waals surface area contributed by atoms with Gasteiger partial charge in [0.1, 0.15) is 5.75 Å². The predicted octanol–water partition coefficient (Wildman–Crippen LogP) is 3.29. The van der Waals surface area contributed by atoms with Gasteiger partial charge < -0.3 is 9.47 Å². The number of rotatable bonds is 2. The third kappa shape index (κ3) is 2.90. The van der Waals surface area contributed by atoms with E-state index in [1.807, 2.05) is 48.5 Å². The number of methoxy groups -OCH3 is 2. The summed E-state index contributed by atoms with van der Waals surface area (Å²) in [5, 5.41) is 0.823. The van der Waals surface area contributed by atoms with Gasteiger partial charge in [-0.3, -0.25) is 4.57 Å². The zero-order valence-electron chi connectivity index (χ0n) is 12.9. The lowest BCUT2D eigenvalue weighted by molar-refractivity contribution is 0.0603. The molecule has 1 heterocycles. The standard InChI is InChI=1S/C19H15NO3/c1-22-15-9-7-14(8-10-15)11-12-20-13-17(19(21)23-2)16-5-3-4-6-18(16)20/h3-10,13H,1-2H3. The van der Waals surface area contributed by atoms with Gasteiger partial charge in [0, 0.05) is 23.2 Å². The van der Waals surface area contributed by atoms with Crippen molar-refractivity contribution in [1.82, 2.24) is 4.57 Å². The lowest BCUT2D eigenvalue weighted by Gasteiger charge is -1.97. The number of aromatic nitrogens is 1. The van der Waals surface area contributed by atoms with Crippen LogP contribution in [0.1, 0.15) is 15.9 Å². The molecule has 114 valence electrons. The Bertz CT molecular complexity index is 911. The third-order valence-corrected chi connectivity index (χ3v) is 3.53. The zero-order chi connectivity index (χ0) is 16.2. The lowest BCUT2D eigenvalue weighted by atomic mass is 10.2. The van der Waals surface area contributed by atoms with E-state index in [1.165, 1.54) is 7.11 Å². The summed E-state index contributed by atoms with van der Waals surface area (Å²) < 4.78 is 11.7. The molecule has 0 aliphatic rings. The van der Waals surface area contributed by atoms with Crippen molar-refractivity contribution in [2.45, 2.75) is 0 Å². The van der Waals surface area contributed by atoms with Crippen molar-refractivity contribution in [1.29, 1.82) is 0 Å². The molecule has 0 N–H and O–H groups in total. The molecular formula is C19H15NO3. The molecule has 0 bridgehead atoms. The number of carbonyl (C=O) groups is 1. The van der Waals surface area contributed by atoms with Crippen LogP contribution in [0, 0.1) is 12.0 Å². The molecule has 2 aromatic carbocycles. The number of hydrogen-bond donors (Lipinski definition) is 0. The molecule has 1 aromatic heterocycles. The van der Waals surface area contributed by atoms with Gasteiger partial charge in [-0.1, -0.05) is 18.2 Å². The van der Waals surface area contributed by atoms with Crippen LogP contribution in [0.3, 0.4) is 0 Å². The number of para-hydroxylation sites is 1. The average molecular weight is 305 g/mol. The van der Waals surface area contributed by atoms with E-state index in [0.717, 1.165) is 22.2 Å². The first kappa shape index (κ1) is 14.7. The summed E-state index contributed by atoms with van der Waals surface area (Å²) in [6.07, 6.45) is 1.70. The molecule has 0 spiro atoms. The summed E-state index contributed by atoms with van der Waals surface area (Å²) in [5.41, 5.74) is 2.24. The molecule has 0 atom stereocenters. The Balaban J connectivity index is 2.03. The van der Waals surface area contributed by atoms with Crippen LogP contribution in [-0.2, 0) is 4.74 Å². The van der Waals surface area contributed by atoms with Gasteiger partial charge in [-0.15, -0.1) is 0 Å². The molecule has 0 fully saturated rings. The van der Waals surface area contributed by atoms with Crippen LogP contribution in [-0.4, -0.2) is 24.8 Å². The molecule has 0 saturated heterocycles. The summed E-state index contributed by atoms with van der Waals surface area (Å²) in [5.74, 6) is 3.50. The molecular weight excluding hydrogens is 290 g/mol. The highest BCUT2D eigenvalue weighted by molar-refractivity contribution is 6.04. The van der Waals surface area contributed by atoms with Gasteiger partial charge in [0.2, 0.25) is 0 Å². The van der Waals surface area contributed by atoms with E-state index in [4.69, 9.17) is 9.47 Å². The fraction of sp³-hybridized carbons (Fsp3) is 0.105. The van der Waals surface area contributed by atoms with Crippen LogP contribution in [0.4, 0.5) is 0 Å². The second kappa shape index (κ2) is 6.29. The summed E-state index contributed by atoms with van der Waals surface area (Å²) in [4.78, 5) is 11.9. The number of esters is 1. The molecule has 0 unspecified atom stereocenters. The highest BCUT2D eigenvalue weighted by Crippen LogP contribution is 2.21. The molecule has 23 heavy (non-hydrogen) atoms. The minimum Gasteiger partial charge on any atom is -0.497 e. The van der Waals surface area contributed by atoms with Gasteiger partial charge in [-0.05, 0) is 36.3 Å². The topological polar surface area (TPSA) is 40.5 Å². The molecule has 4 nitrogen and oxygen atoms in total. The van der Waals surface area contributed by atoms with Gasteiger partial charge in [0.25, 0.3) is 0 Å². The largest absolute Gasteiger partial charge is 0.497 e. The molecule has 4 heteroatoms. The maximum atomic E-state index is 11.9. The van der Waals surface area contributed by atoms with Crippen molar-refractivity contribution >= 4 is 16.9 Å². The van der Waals surface area contributed by atoms with E-state index in [9.17, 15) is 4.79 Å². The van der Waals surface area contributed by atoms with Gasteiger partial charge in [-0.2, -0.15) is 0 Å². The maximum Gasteiger partial charge on any atom is 0.340 e. The van der Waals surface area contributed by atoms with E-state index in [0.29, 0.717) is 5.56 Å². The van der Waals surface area contributed by atoms with Crippen LogP contribution in [0.25, 0.3) is 10.9 Å². The van der Waals surface area contributed by atoms with Crippen LogP contribution < -0.4 is 4.74 Å². The van der Waals surface area contributed by atoms with Crippen molar-refractivity contribution in [3.63, 3.8) is 0 Å². The lowest BCUT2D eigenvalue weighted by Crippen LogP contribution is -1.99. The second-order valence-electron chi connectivity index (χ2n) is 4.89. The highest BCUT2D eigenvalue weighted by atomic mass is 16.5. The first-order chi connectivity index (χ1) is 11.2. The quantitative estimate of drug-likeness (QED) is 0.539. The molecule has 0 aliphatic carbocycles. The third-order valence-electron chi connectivity index (χ3n) is 3.53. The molecule has 0 saturated carbocycles. The number of nitrogens with zero attached hydrogens (tertiary/aromatic N) is 1.